The van der Waals surface area contributed by atoms with E-state index in [1.807, 2.05) is 67.6 Å². The van der Waals surface area contributed by atoms with Gasteiger partial charge in [-0.2, -0.15) is 0 Å². The highest BCUT2D eigenvalue weighted by Gasteiger charge is 2.41. The van der Waals surface area contributed by atoms with Gasteiger partial charge in [-0.3, -0.25) is 0 Å². The van der Waals surface area contributed by atoms with E-state index in [9.17, 15) is 0 Å². The maximum absolute atomic E-state index is 6.71. The summed E-state index contributed by atoms with van der Waals surface area (Å²) in [4.78, 5) is 0. The van der Waals surface area contributed by atoms with Gasteiger partial charge in [0.2, 0.25) is 7.28 Å². The van der Waals surface area contributed by atoms with E-state index in [1.54, 1.807) is 0 Å². The van der Waals surface area contributed by atoms with Crippen LogP contribution in [-0.4, -0.2) is 5.16 Å². The molecule has 0 spiro atoms. The molecule has 3 aromatic rings. The summed E-state index contributed by atoms with van der Waals surface area (Å²) in [7, 11) is -2.59. The molecule has 1 heterocycles. The van der Waals surface area contributed by atoms with E-state index >= 15 is 0 Å². The molecule has 142 valence electrons. The predicted molar refractivity (Wildman–Crippen MR) is 121 cm³/mol. The second kappa shape index (κ2) is 7.98. The van der Waals surface area contributed by atoms with Gasteiger partial charge in [0.25, 0.3) is 0 Å². The first-order valence-electron chi connectivity index (χ1n) is 8.60. The lowest BCUT2D eigenvalue weighted by Gasteiger charge is -2.35. The van der Waals surface area contributed by atoms with Gasteiger partial charge in [-0.25, -0.2) is 4.74 Å². The number of aryl methyl sites for hydroxylation is 1. The molecule has 2 aromatic carbocycles. The number of furan rings is 1. The van der Waals surface area contributed by atoms with E-state index in [-0.39, 0.29) is 5.16 Å². The summed E-state index contributed by atoms with van der Waals surface area (Å²) in [6.45, 7) is 8.39. The summed E-state index contributed by atoms with van der Waals surface area (Å²) in [5, 5.41) is -0.283. The third-order valence-corrected chi connectivity index (χ3v) is 8.86. The number of halogens is 2. The van der Waals surface area contributed by atoms with E-state index in [2.05, 4.69) is 52.6 Å². The molecule has 0 bridgehead atoms. The maximum atomic E-state index is 6.71. The summed E-state index contributed by atoms with van der Waals surface area (Å²) < 4.78 is 19.9. The molecule has 0 saturated carbocycles. The SMILES string of the molecule is Cc1ccc([P@@](=Nc2ccccc2Br)(Oc2cccc(Br)c2)C(C)(C)C)o1. The highest BCUT2D eigenvalue weighted by Crippen LogP contribution is 2.62. The fraction of sp³-hybridized carbons (Fsp3) is 0.238. The predicted octanol–water partition coefficient (Wildman–Crippen LogP) is 8.06. The number of benzene rings is 2. The van der Waals surface area contributed by atoms with Crippen molar-refractivity contribution >= 4 is 50.3 Å². The molecule has 0 aliphatic carbocycles. The quantitative estimate of drug-likeness (QED) is 0.332. The van der Waals surface area contributed by atoms with Crippen molar-refractivity contribution < 1.29 is 8.94 Å². The zero-order valence-electron chi connectivity index (χ0n) is 15.7. The topological polar surface area (TPSA) is 34.7 Å². The van der Waals surface area contributed by atoms with E-state index in [1.165, 1.54) is 0 Å². The summed E-state index contributed by atoms with van der Waals surface area (Å²) in [6.07, 6.45) is 0. The Morgan fingerprint density at radius 1 is 0.963 bits per heavy atom. The first-order valence-corrected chi connectivity index (χ1v) is 11.8. The Hall–Kier alpha value is -1.29. The van der Waals surface area contributed by atoms with E-state index in [4.69, 9.17) is 13.7 Å². The van der Waals surface area contributed by atoms with Crippen LogP contribution in [0.4, 0.5) is 5.69 Å². The standard InChI is InChI=1S/C21H22Br2NO2P/c1-15-12-13-20(25-15)27(21(2,3)4,24-19-11-6-5-10-18(19)23)26-17-9-7-8-16(22)14-17/h5-14H,1-4H3/t27-/m1/s1. The summed E-state index contributed by atoms with van der Waals surface area (Å²) in [5.41, 5.74) is 1.63. The van der Waals surface area contributed by atoms with Crippen molar-refractivity contribution in [2.75, 3.05) is 0 Å². The molecule has 0 radical (unpaired) electrons. The van der Waals surface area contributed by atoms with Crippen molar-refractivity contribution in [3.05, 3.63) is 75.4 Å². The molecule has 1 aromatic heterocycles. The Labute approximate surface area is 177 Å². The van der Waals surface area contributed by atoms with Crippen LogP contribution in [0, 0.1) is 6.92 Å². The van der Waals surface area contributed by atoms with Crippen LogP contribution in [0.25, 0.3) is 0 Å². The highest BCUT2D eigenvalue weighted by atomic mass is 79.9. The van der Waals surface area contributed by atoms with E-state index in [0.29, 0.717) is 0 Å². The van der Waals surface area contributed by atoms with Crippen LogP contribution in [0.1, 0.15) is 26.5 Å². The normalized spacial score (nSPS) is 13.9. The van der Waals surface area contributed by atoms with Gasteiger partial charge < -0.3 is 8.94 Å². The van der Waals surface area contributed by atoms with Crippen LogP contribution >= 0.6 is 39.1 Å². The first kappa shape index (κ1) is 20.4. The smallest absolute Gasteiger partial charge is 0.207 e. The van der Waals surface area contributed by atoms with Gasteiger partial charge in [0.05, 0.1) is 5.69 Å². The minimum Gasteiger partial charge on any atom is -0.457 e. The minimum atomic E-state index is -2.59. The number of hydrogen-bond donors (Lipinski definition) is 0. The fourth-order valence-electron chi connectivity index (χ4n) is 2.68. The summed E-state index contributed by atoms with van der Waals surface area (Å²) in [6, 6.07) is 19.8. The van der Waals surface area contributed by atoms with Crippen LogP contribution in [0.15, 0.2) is 78.8 Å². The van der Waals surface area contributed by atoms with Gasteiger partial charge in [0.1, 0.15) is 11.5 Å². The second-order valence-electron chi connectivity index (χ2n) is 7.23. The third kappa shape index (κ3) is 4.42. The van der Waals surface area contributed by atoms with Gasteiger partial charge in [-0.15, -0.1) is 0 Å². The van der Waals surface area contributed by atoms with Gasteiger partial charge in [0.15, 0.2) is 5.50 Å². The molecule has 3 nitrogen and oxygen atoms in total. The van der Waals surface area contributed by atoms with Crippen molar-refractivity contribution in [2.45, 2.75) is 32.9 Å². The molecule has 6 heteroatoms. The Balaban J connectivity index is 2.31. The minimum absolute atomic E-state index is 0.283. The maximum Gasteiger partial charge on any atom is 0.207 e. The Bertz CT molecular complexity index is 1010. The fourth-order valence-corrected chi connectivity index (χ4v) is 6.47. The number of nitrogens with zero attached hydrogens (tertiary/aromatic N) is 1. The molecular weight excluding hydrogens is 489 g/mol. The second-order valence-corrected chi connectivity index (χ2v) is 12.3. The zero-order chi connectivity index (χ0) is 19.7. The van der Waals surface area contributed by atoms with Crippen molar-refractivity contribution in [1.29, 1.82) is 0 Å². The van der Waals surface area contributed by atoms with Gasteiger partial charge in [0, 0.05) is 14.1 Å². The van der Waals surface area contributed by atoms with E-state index < -0.39 is 7.28 Å². The van der Waals surface area contributed by atoms with Crippen molar-refractivity contribution in [3.63, 3.8) is 0 Å². The zero-order valence-corrected chi connectivity index (χ0v) is 19.8. The lowest BCUT2D eigenvalue weighted by atomic mass is 10.3. The molecule has 0 amide bonds. The molecule has 0 unspecified atom stereocenters. The Morgan fingerprint density at radius 2 is 1.70 bits per heavy atom. The molecule has 1 atom stereocenters. The Morgan fingerprint density at radius 3 is 2.30 bits per heavy atom. The highest BCUT2D eigenvalue weighted by molar-refractivity contribution is 9.10. The van der Waals surface area contributed by atoms with Gasteiger partial charge in [-0.05, 0) is 65.3 Å². The van der Waals surface area contributed by atoms with E-state index in [0.717, 1.165) is 31.6 Å². The van der Waals surface area contributed by atoms with Crippen LogP contribution in [0.3, 0.4) is 0 Å². The molecule has 0 saturated heterocycles. The largest absolute Gasteiger partial charge is 0.457 e. The molecule has 0 aliphatic heterocycles. The molecule has 3 rings (SSSR count). The lowest BCUT2D eigenvalue weighted by molar-refractivity contribution is 0.527. The average molecular weight is 511 g/mol. The number of hydrogen-bond acceptors (Lipinski definition) is 3. The third-order valence-electron chi connectivity index (χ3n) is 4.07. The monoisotopic (exact) mass is 509 g/mol. The van der Waals surface area contributed by atoms with Crippen molar-refractivity contribution in [2.24, 2.45) is 4.74 Å². The van der Waals surface area contributed by atoms with Crippen molar-refractivity contribution in [3.8, 4) is 5.75 Å². The van der Waals surface area contributed by atoms with Crippen molar-refractivity contribution in [1.82, 2.24) is 0 Å². The Kier molecular flexibility index (Phi) is 6.05. The molecule has 27 heavy (non-hydrogen) atoms. The van der Waals surface area contributed by atoms with Crippen LogP contribution < -0.4 is 10.0 Å². The first-order chi connectivity index (χ1) is 12.7. The van der Waals surface area contributed by atoms with Gasteiger partial charge in [-0.1, -0.05) is 54.9 Å². The van der Waals surface area contributed by atoms with Crippen LogP contribution in [-0.2, 0) is 0 Å². The van der Waals surface area contributed by atoms with Crippen LogP contribution in [0.2, 0.25) is 0 Å². The lowest BCUT2D eigenvalue weighted by Crippen LogP contribution is -2.26. The molecule has 0 fully saturated rings. The molecule has 0 aliphatic rings. The molecular formula is C21H22Br2NO2P. The van der Waals surface area contributed by atoms with Crippen LogP contribution in [0.5, 0.6) is 5.75 Å². The number of rotatable bonds is 4. The molecule has 0 N–H and O–H groups in total. The summed E-state index contributed by atoms with van der Waals surface area (Å²) >= 11 is 7.15. The van der Waals surface area contributed by atoms with Gasteiger partial charge >= 0.3 is 0 Å². The summed E-state index contributed by atoms with van der Waals surface area (Å²) in [5.74, 6) is 1.61. The average Bonchev–Trinajstić information content (AvgIpc) is 3.02.